The van der Waals surface area contributed by atoms with Crippen LogP contribution in [0.1, 0.15) is 36.7 Å². The molecule has 21 heavy (non-hydrogen) atoms. The lowest BCUT2D eigenvalue weighted by Crippen LogP contribution is -2.14. The summed E-state index contributed by atoms with van der Waals surface area (Å²) in [5, 5.41) is 16.6. The summed E-state index contributed by atoms with van der Waals surface area (Å²) < 4.78 is 7.74. The first-order valence-electron chi connectivity index (χ1n) is 7.16. The fourth-order valence-electron chi connectivity index (χ4n) is 2.71. The van der Waals surface area contributed by atoms with Gasteiger partial charge in [0.1, 0.15) is 18.7 Å². The Labute approximate surface area is 123 Å². The van der Waals surface area contributed by atoms with Crippen LogP contribution in [0.25, 0.3) is 0 Å². The quantitative estimate of drug-likeness (QED) is 0.692. The molecule has 0 unspecified atom stereocenters. The Balaban J connectivity index is 1.84. The van der Waals surface area contributed by atoms with Crippen LogP contribution < -0.4 is 4.74 Å². The highest BCUT2D eigenvalue weighted by Crippen LogP contribution is 2.30. The van der Waals surface area contributed by atoms with Crippen molar-refractivity contribution >= 4 is 5.71 Å². The number of rotatable bonds is 4. The maximum absolute atomic E-state index is 9.10. The molecule has 0 saturated heterocycles. The third-order valence-electron chi connectivity index (χ3n) is 3.76. The lowest BCUT2D eigenvalue weighted by Gasteiger charge is -2.20. The predicted octanol–water partition coefficient (Wildman–Crippen LogP) is 2.39. The summed E-state index contributed by atoms with van der Waals surface area (Å²) >= 11 is 0. The van der Waals surface area contributed by atoms with Crippen molar-refractivity contribution in [1.29, 1.82) is 0 Å². The lowest BCUT2D eigenvalue weighted by atomic mass is 9.89. The molecule has 1 aromatic heterocycles. The van der Waals surface area contributed by atoms with Crippen molar-refractivity contribution in [2.45, 2.75) is 39.3 Å². The van der Waals surface area contributed by atoms with Crippen LogP contribution in [0.15, 0.2) is 29.7 Å². The van der Waals surface area contributed by atoms with E-state index in [0.717, 1.165) is 54.2 Å². The molecule has 2 aromatic rings. The first-order chi connectivity index (χ1) is 10.3. The molecule has 6 heteroatoms. The highest BCUT2D eigenvalue weighted by Gasteiger charge is 2.19. The van der Waals surface area contributed by atoms with Crippen LogP contribution in [0.4, 0.5) is 0 Å². The summed E-state index contributed by atoms with van der Waals surface area (Å²) in [4.78, 5) is 4.21. The van der Waals surface area contributed by atoms with Gasteiger partial charge in [-0.15, -0.1) is 0 Å². The summed E-state index contributed by atoms with van der Waals surface area (Å²) in [7, 11) is 0. The fourth-order valence-corrected chi connectivity index (χ4v) is 2.71. The number of benzene rings is 1. The summed E-state index contributed by atoms with van der Waals surface area (Å²) in [6.45, 7) is 3.18. The molecule has 0 bridgehead atoms. The monoisotopic (exact) mass is 286 g/mol. The van der Waals surface area contributed by atoms with Crippen molar-refractivity contribution < 1.29 is 9.94 Å². The number of aryl methyl sites for hydroxylation is 1. The normalized spacial score (nSPS) is 16.0. The van der Waals surface area contributed by atoms with E-state index >= 15 is 0 Å². The first kappa shape index (κ1) is 13.6. The van der Waals surface area contributed by atoms with Crippen LogP contribution in [-0.4, -0.2) is 25.7 Å². The highest BCUT2D eigenvalue weighted by atomic mass is 16.5. The number of hydrogen-bond acceptors (Lipinski definition) is 5. The summed E-state index contributed by atoms with van der Waals surface area (Å²) in [6, 6.07) is 5.85. The van der Waals surface area contributed by atoms with Gasteiger partial charge in [-0.1, -0.05) is 17.3 Å². The molecule has 0 amide bonds. The predicted molar refractivity (Wildman–Crippen MR) is 77.7 cm³/mol. The van der Waals surface area contributed by atoms with Gasteiger partial charge in [0, 0.05) is 17.7 Å². The van der Waals surface area contributed by atoms with Crippen LogP contribution >= 0.6 is 0 Å². The minimum Gasteiger partial charge on any atom is -0.485 e. The van der Waals surface area contributed by atoms with Crippen molar-refractivity contribution in [2.75, 3.05) is 0 Å². The molecular formula is C15H18N4O2. The molecule has 0 radical (unpaired) electrons. The van der Waals surface area contributed by atoms with Gasteiger partial charge in [0.25, 0.3) is 0 Å². The van der Waals surface area contributed by atoms with Crippen LogP contribution in [0.5, 0.6) is 5.75 Å². The minimum absolute atomic E-state index is 0.385. The van der Waals surface area contributed by atoms with Gasteiger partial charge in [0.2, 0.25) is 0 Å². The molecule has 0 saturated carbocycles. The Morgan fingerprint density at radius 2 is 2.29 bits per heavy atom. The van der Waals surface area contributed by atoms with Crippen molar-refractivity contribution in [3.63, 3.8) is 0 Å². The van der Waals surface area contributed by atoms with Gasteiger partial charge < -0.3 is 9.94 Å². The van der Waals surface area contributed by atoms with E-state index in [1.807, 2.05) is 29.8 Å². The standard InChI is InChI=1S/C15H18N4O2/c1-2-19-15(16-10-17-19)9-21-14-8-4-5-11-12(14)6-3-7-13(11)18-20/h4-5,8,10,20H,2-3,6-7,9H2,1H3. The van der Waals surface area contributed by atoms with Crippen LogP contribution in [-0.2, 0) is 19.6 Å². The van der Waals surface area contributed by atoms with Gasteiger partial charge in [-0.05, 0) is 32.3 Å². The zero-order valence-electron chi connectivity index (χ0n) is 12.0. The molecule has 0 fully saturated rings. The second-order valence-corrected chi connectivity index (χ2v) is 4.96. The number of ether oxygens (including phenoxy) is 1. The second kappa shape index (κ2) is 5.95. The van der Waals surface area contributed by atoms with Gasteiger partial charge in [-0.25, -0.2) is 9.67 Å². The van der Waals surface area contributed by atoms with E-state index < -0.39 is 0 Å². The zero-order chi connectivity index (χ0) is 14.7. The summed E-state index contributed by atoms with van der Waals surface area (Å²) in [5.74, 6) is 1.64. The van der Waals surface area contributed by atoms with Crippen molar-refractivity contribution in [2.24, 2.45) is 5.16 Å². The summed E-state index contributed by atoms with van der Waals surface area (Å²) in [6.07, 6.45) is 4.25. The molecular weight excluding hydrogens is 268 g/mol. The minimum atomic E-state index is 0.385. The molecule has 0 spiro atoms. The van der Waals surface area contributed by atoms with E-state index in [1.165, 1.54) is 0 Å². The number of fused-ring (bicyclic) bond motifs is 1. The fraction of sp³-hybridized carbons (Fsp3) is 0.400. The van der Waals surface area contributed by atoms with Crippen molar-refractivity contribution in [1.82, 2.24) is 14.8 Å². The molecule has 0 aliphatic heterocycles. The molecule has 1 N–H and O–H groups in total. The largest absolute Gasteiger partial charge is 0.485 e. The number of hydrogen-bond donors (Lipinski definition) is 1. The smallest absolute Gasteiger partial charge is 0.164 e. The Hall–Kier alpha value is -2.37. The average Bonchev–Trinajstić information content (AvgIpc) is 2.99. The zero-order valence-corrected chi connectivity index (χ0v) is 12.0. The van der Waals surface area contributed by atoms with E-state index in [1.54, 1.807) is 6.33 Å². The lowest BCUT2D eigenvalue weighted by molar-refractivity contribution is 0.283. The van der Waals surface area contributed by atoms with Gasteiger partial charge >= 0.3 is 0 Å². The van der Waals surface area contributed by atoms with Crippen molar-refractivity contribution in [3.8, 4) is 5.75 Å². The second-order valence-electron chi connectivity index (χ2n) is 4.96. The van der Waals surface area contributed by atoms with E-state index in [2.05, 4.69) is 15.2 Å². The van der Waals surface area contributed by atoms with Gasteiger partial charge in [0.05, 0.1) is 5.71 Å². The topological polar surface area (TPSA) is 72.5 Å². The SMILES string of the molecule is CCn1ncnc1COc1cccc2c1CCCC2=NO. The average molecular weight is 286 g/mol. The summed E-state index contributed by atoms with van der Waals surface area (Å²) in [5.41, 5.74) is 2.83. The Morgan fingerprint density at radius 3 is 3.10 bits per heavy atom. The molecule has 1 heterocycles. The third-order valence-corrected chi connectivity index (χ3v) is 3.76. The van der Waals surface area contributed by atoms with E-state index in [4.69, 9.17) is 9.94 Å². The molecule has 3 rings (SSSR count). The Morgan fingerprint density at radius 1 is 1.38 bits per heavy atom. The van der Waals surface area contributed by atoms with Gasteiger partial charge in [0.15, 0.2) is 5.82 Å². The molecule has 0 atom stereocenters. The van der Waals surface area contributed by atoms with Crippen LogP contribution in [0.2, 0.25) is 0 Å². The molecule has 6 nitrogen and oxygen atoms in total. The number of oxime groups is 1. The number of aromatic nitrogens is 3. The van der Waals surface area contributed by atoms with Crippen LogP contribution in [0, 0.1) is 0 Å². The van der Waals surface area contributed by atoms with Crippen molar-refractivity contribution in [3.05, 3.63) is 41.5 Å². The Bertz CT molecular complexity index is 663. The molecule has 1 aliphatic rings. The highest BCUT2D eigenvalue weighted by molar-refractivity contribution is 6.02. The first-order valence-corrected chi connectivity index (χ1v) is 7.16. The number of nitrogens with zero attached hydrogens (tertiary/aromatic N) is 4. The third kappa shape index (κ3) is 2.61. The van der Waals surface area contributed by atoms with E-state index in [-0.39, 0.29) is 0 Å². The maximum Gasteiger partial charge on any atom is 0.164 e. The van der Waals surface area contributed by atoms with E-state index in [0.29, 0.717) is 6.61 Å². The molecule has 1 aromatic carbocycles. The van der Waals surface area contributed by atoms with Gasteiger partial charge in [-0.3, -0.25) is 0 Å². The molecule has 110 valence electrons. The maximum atomic E-state index is 9.10. The Kier molecular flexibility index (Phi) is 3.85. The van der Waals surface area contributed by atoms with Gasteiger partial charge in [-0.2, -0.15) is 5.10 Å². The van der Waals surface area contributed by atoms with E-state index in [9.17, 15) is 0 Å². The van der Waals surface area contributed by atoms with Crippen LogP contribution in [0.3, 0.4) is 0 Å². The molecule has 1 aliphatic carbocycles.